The third-order valence-electron chi connectivity index (χ3n) is 4.60. The molecule has 0 heterocycles. The SMILES string of the molecule is COC(=O)c1ccc(C)c(NC(=O)C2CCCc3ccccc32)c1. The number of carbonyl (C=O) groups is 2. The Morgan fingerprint density at radius 1 is 1.17 bits per heavy atom. The number of ether oxygens (including phenoxy) is 1. The first-order valence-electron chi connectivity index (χ1n) is 8.18. The molecule has 2 aromatic carbocycles. The van der Waals surface area contributed by atoms with Gasteiger partial charge in [-0.25, -0.2) is 4.79 Å². The molecule has 1 unspecified atom stereocenters. The zero-order valence-electron chi connectivity index (χ0n) is 14.0. The van der Waals surface area contributed by atoms with Gasteiger partial charge < -0.3 is 10.1 Å². The summed E-state index contributed by atoms with van der Waals surface area (Å²) in [4.78, 5) is 24.5. The maximum Gasteiger partial charge on any atom is 0.337 e. The van der Waals surface area contributed by atoms with Crippen molar-refractivity contribution in [3.8, 4) is 0 Å². The lowest BCUT2D eigenvalue weighted by Gasteiger charge is -2.25. The van der Waals surface area contributed by atoms with Crippen molar-refractivity contribution >= 4 is 17.6 Å². The molecule has 124 valence electrons. The van der Waals surface area contributed by atoms with Gasteiger partial charge in [-0.05, 0) is 55.0 Å². The van der Waals surface area contributed by atoms with E-state index in [0.717, 1.165) is 30.4 Å². The van der Waals surface area contributed by atoms with Crippen molar-refractivity contribution < 1.29 is 14.3 Å². The van der Waals surface area contributed by atoms with Crippen LogP contribution in [0, 0.1) is 6.92 Å². The molecular weight excluding hydrogens is 302 g/mol. The van der Waals surface area contributed by atoms with Crippen LogP contribution < -0.4 is 5.32 Å². The summed E-state index contributed by atoms with van der Waals surface area (Å²) in [6, 6.07) is 13.3. The fourth-order valence-electron chi connectivity index (χ4n) is 3.25. The number of nitrogens with one attached hydrogen (secondary N) is 1. The topological polar surface area (TPSA) is 55.4 Å². The van der Waals surface area contributed by atoms with Gasteiger partial charge >= 0.3 is 5.97 Å². The number of benzene rings is 2. The molecule has 1 aliphatic carbocycles. The third kappa shape index (κ3) is 3.18. The number of hydrogen-bond donors (Lipinski definition) is 1. The van der Waals surface area contributed by atoms with E-state index >= 15 is 0 Å². The molecule has 0 radical (unpaired) electrons. The highest BCUT2D eigenvalue weighted by Crippen LogP contribution is 2.32. The lowest BCUT2D eigenvalue weighted by molar-refractivity contribution is -0.117. The van der Waals surface area contributed by atoms with Crippen LogP contribution in [0.1, 0.15) is 45.8 Å². The summed E-state index contributed by atoms with van der Waals surface area (Å²) in [6.07, 6.45) is 2.88. The van der Waals surface area contributed by atoms with Gasteiger partial charge in [0.1, 0.15) is 0 Å². The lowest BCUT2D eigenvalue weighted by atomic mass is 9.82. The van der Waals surface area contributed by atoms with E-state index < -0.39 is 5.97 Å². The Balaban J connectivity index is 1.85. The second-order valence-electron chi connectivity index (χ2n) is 6.15. The van der Waals surface area contributed by atoms with Gasteiger partial charge in [0.2, 0.25) is 5.91 Å². The molecular formula is C20H21NO3. The molecule has 0 aromatic heterocycles. The number of carbonyl (C=O) groups excluding carboxylic acids is 2. The average Bonchev–Trinajstić information content (AvgIpc) is 2.62. The second-order valence-corrected chi connectivity index (χ2v) is 6.15. The number of methoxy groups -OCH3 is 1. The quantitative estimate of drug-likeness (QED) is 0.873. The highest BCUT2D eigenvalue weighted by molar-refractivity contribution is 5.98. The maximum atomic E-state index is 12.8. The number of hydrogen-bond acceptors (Lipinski definition) is 3. The van der Waals surface area contributed by atoms with Crippen molar-refractivity contribution in [2.24, 2.45) is 0 Å². The molecule has 4 heteroatoms. The van der Waals surface area contributed by atoms with Crippen LogP contribution in [-0.4, -0.2) is 19.0 Å². The lowest BCUT2D eigenvalue weighted by Crippen LogP contribution is -2.25. The van der Waals surface area contributed by atoms with E-state index in [1.807, 2.05) is 31.2 Å². The molecule has 1 atom stereocenters. The van der Waals surface area contributed by atoms with Crippen LogP contribution in [0.15, 0.2) is 42.5 Å². The molecule has 0 fully saturated rings. The molecule has 1 N–H and O–H groups in total. The van der Waals surface area contributed by atoms with Gasteiger partial charge in [-0.3, -0.25) is 4.79 Å². The first-order valence-corrected chi connectivity index (χ1v) is 8.18. The minimum atomic E-state index is -0.409. The minimum Gasteiger partial charge on any atom is -0.465 e. The van der Waals surface area contributed by atoms with E-state index in [1.54, 1.807) is 12.1 Å². The summed E-state index contributed by atoms with van der Waals surface area (Å²) in [5, 5.41) is 2.99. The number of aryl methyl sites for hydroxylation is 2. The zero-order chi connectivity index (χ0) is 17.1. The molecule has 0 bridgehead atoms. The van der Waals surface area contributed by atoms with Crippen LogP contribution in [0.3, 0.4) is 0 Å². The van der Waals surface area contributed by atoms with Crippen LogP contribution in [0.25, 0.3) is 0 Å². The van der Waals surface area contributed by atoms with Gasteiger partial charge in [0.05, 0.1) is 18.6 Å². The van der Waals surface area contributed by atoms with Gasteiger partial charge in [-0.1, -0.05) is 30.3 Å². The van der Waals surface area contributed by atoms with E-state index in [1.165, 1.54) is 12.7 Å². The summed E-state index contributed by atoms with van der Waals surface area (Å²) in [5.41, 5.74) is 4.38. The first-order chi connectivity index (χ1) is 11.6. The molecule has 2 aromatic rings. The van der Waals surface area contributed by atoms with Crippen molar-refractivity contribution in [3.05, 3.63) is 64.7 Å². The Morgan fingerprint density at radius 3 is 2.75 bits per heavy atom. The number of esters is 1. The first kappa shape index (κ1) is 16.2. The second kappa shape index (κ2) is 6.87. The monoisotopic (exact) mass is 323 g/mol. The maximum absolute atomic E-state index is 12.8. The fraction of sp³-hybridized carbons (Fsp3) is 0.300. The van der Waals surface area contributed by atoms with Crippen molar-refractivity contribution in [1.82, 2.24) is 0 Å². The van der Waals surface area contributed by atoms with Gasteiger partial charge in [0.25, 0.3) is 0 Å². The molecule has 3 rings (SSSR count). The van der Waals surface area contributed by atoms with E-state index in [4.69, 9.17) is 4.74 Å². The summed E-state index contributed by atoms with van der Waals surface area (Å²) in [6.45, 7) is 1.91. The molecule has 1 aliphatic rings. The van der Waals surface area contributed by atoms with E-state index in [0.29, 0.717) is 11.3 Å². The highest BCUT2D eigenvalue weighted by atomic mass is 16.5. The molecule has 24 heavy (non-hydrogen) atoms. The number of anilines is 1. The molecule has 0 aliphatic heterocycles. The minimum absolute atomic E-state index is 0.0211. The number of amides is 1. The van der Waals surface area contributed by atoms with E-state index in [-0.39, 0.29) is 11.8 Å². The Hall–Kier alpha value is -2.62. The summed E-state index contributed by atoms with van der Waals surface area (Å²) < 4.78 is 4.75. The fourth-order valence-corrected chi connectivity index (χ4v) is 3.25. The smallest absolute Gasteiger partial charge is 0.337 e. The van der Waals surface area contributed by atoms with E-state index in [2.05, 4.69) is 11.4 Å². The van der Waals surface area contributed by atoms with Crippen LogP contribution in [0.2, 0.25) is 0 Å². The Kier molecular flexibility index (Phi) is 4.65. The van der Waals surface area contributed by atoms with E-state index in [9.17, 15) is 9.59 Å². The predicted octanol–water partition coefficient (Wildman–Crippen LogP) is 3.84. The summed E-state index contributed by atoms with van der Waals surface area (Å²) in [5.74, 6) is -0.572. The van der Waals surface area contributed by atoms with Crippen molar-refractivity contribution in [3.63, 3.8) is 0 Å². The van der Waals surface area contributed by atoms with Gasteiger partial charge in [-0.2, -0.15) is 0 Å². The van der Waals surface area contributed by atoms with Crippen molar-refractivity contribution in [1.29, 1.82) is 0 Å². The molecule has 0 saturated carbocycles. The summed E-state index contributed by atoms with van der Waals surface area (Å²) in [7, 11) is 1.35. The van der Waals surface area contributed by atoms with Crippen molar-refractivity contribution in [2.75, 3.05) is 12.4 Å². The number of rotatable bonds is 3. The Labute approximate surface area is 141 Å². The van der Waals surface area contributed by atoms with Gasteiger partial charge in [-0.15, -0.1) is 0 Å². The van der Waals surface area contributed by atoms with Crippen LogP contribution in [0.5, 0.6) is 0 Å². The number of fused-ring (bicyclic) bond motifs is 1. The highest BCUT2D eigenvalue weighted by Gasteiger charge is 2.26. The van der Waals surface area contributed by atoms with Crippen LogP contribution in [0.4, 0.5) is 5.69 Å². The summed E-state index contributed by atoms with van der Waals surface area (Å²) >= 11 is 0. The van der Waals surface area contributed by atoms with Gasteiger partial charge in [0.15, 0.2) is 0 Å². The normalized spacial score (nSPS) is 16.2. The molecule has 4 nitrogen and oxygen atoms in total. The van der Waals surface area contributed by atoms with Crippen molar-refractivity contribution in [2.45, 2.75) is 32.1 Å². The van der Waals surface area contributed by atoms with Crippen LogP contribution in [-0.2, 0) is 16.0 Å². The average molecular weight is 323 g/mol. The van der Waals surface area contributed by atoms with Gasteiger partial charge in [0, 0.05) is 5.69 Å². The zero-order valence-corrected chi connectivity index (χ0v) is 14.0. The molecule has 0 saturated heterocycles. The molecule has 0 spiro atoms. The standard InChI is InChI=1S/C20H21NO3/c1-13-10-11-15(20(23)24-2)12-18(13)21-19(22)17-9-5-7-14-6-3-4-8-16(14)17/h3-4,6,8,10-12,17H,5,7,9H2,1-2H3,(H,21,22). The largest absolute Gasteiger partial charge is 0.465 e. The Morgan fingerprint density at radius 2 is 1.96 bits per heavy atom. The van der Waals surface area contributed by atoms with Crippen LogP contribution >= 0.6 is 0 Å². The third-order valence-corrected chi connectivity index (χ3v) is 4.60. The molecule has 1 amide bonds. The predicted molar refractivity (Wildman–Crippen MR) is 93.3 cm³/mol. The Bertz CT molecular complexity index is 782.